The molecular weight excluding hydrogens is 188 g/mol. The van der Waals surface area contributed by atoms with Crippen LogP contribution in [0.5, 0.6) is 0 Å². The van der Waals surface area contributed by atoms with Gasteiger partial charge in [-0.1, -0.05) is 0 Å². The van der Waals surface area contributed by atoms with Crippen molar-refractivity contribution in [2.45, 2.75) is 39.3 Å². The van der Waals surface area contributed by atoms with Gasteiger partial charge in [-0.2, -0.15) is 0 Å². The fourth-order valence-corrected chi connectivity index (χ4v) is 1.40. The van der Waals surface area contributed by atoms with Crippen LogP contribution in [0.2, 0.25) is 0 Å². The molecule has 0 aliphatic heterocycles. The molecule has 1 aromatic rings. The van der Waals surface area contributed by atoms with E-state index in [9.17, 15) is 0 Å². The summed E-state index contributed by atoms with van der Waals surface area (Å²) >= 11 is 0. The Morgan fingerprint density at radius 2 is 2.13 bits per heavy atom. The molecule has 86 valence electrons. The SMILES string of the molecule is CC(C)(C)OCCn1ccc(CCN)c1. The van der Waals surface area contributed by atoms with Crippen LogP contribution in [0, 0.1) is 0 Å². The first-order valence-corrected chi connectivity index (χ1v) is 5.50. The Balaban J connectivity index is 2.31. The number of ether oxygens (including phenoxy) is 1. The van der Waals surface area contributed by atoms with Crippen LogP contribution in [0.3, 0.4) is 0 Å². The first kappa shape index (κ1) is 12.3. The van der Waals surface area contributed by atoms with Gasteiger partial charge in [0.25, 0.3) is 0 Å². The minimum atomic E-state index is -0.0484. The third-order valence-corrected chi connectivity index (χ3v) is 2.13. The van der Waals surface area contributed by atoms with Gasteiger partial charge in [-0.05, 0) is 45.4 Å². The van der Waals surface area contributed by atoms with Gasteiger partial charge in [0, 0.05) is 18.9 Å². The molecule has 0 amide bonds. The fraction of sp³-hybridized carbons (Fsp3) is 0.667. The van der Waals surface area contributed by atoms with Crippen molar-refractivity contribution in [1.82, 2.24) is 4.57 Å². The van der Waals surface area contributed by atoms with Crippen LogP contribution in [0.25, 0.3) is 0 Å². The number of hydrogen-bond acceptors (Lipinski definition) is 2. The summed E-state index contributed by atoms with van der Waals surface area (Å²) in [6.07, 6.45) is 5.17. The maximum absolute atomic E-state index is 5.66. The van der Waals surface area contributed by atoms with Crippen molar-refractivity contribution in [3.8, 4) is 0 Å². The van der Waals surface area contributed by atoms with Gasteiger partial charge in [0.1, 0.15) is 0 Å². The van der Waals surface area contributed by atoms with E-state index in [4.69, 9.17) is 10.5 Å². The largest absolute Gasteiger partial charge is 0.374 e. The van der Waals surface area contributed by atoms with E-state index in [2.05, 4.69) is 43.8 Å². The van der Waals surface area contributed by atoms with Crippen LogP contribution >= 0.6 is 0 Å². The Kier molecular flexibility index (Phi) is 4.36. The second-order valence-corrected chi connectivity index (χ2v) is 4.76. The Morgan fingerprint density at radius 3 is 2.73 bits per heavy atom. The van der Waals surface area contributed by atoms with Crippen molar-refractivity contribution in [3.63, 3.8) is 0 Å². The topological polar surface area (TPSA) is 40.2 Å². The zero-order chi connectivity index (χ0) is 11.3. The van der Waals surface area contributed by atoms with Crippen LogP contribution < -0.4 is 5.73 Å². The highest BCUT2D eigenvalue weighted by Crippen LogP contribution is 2.07. The Labute approximate surface area is 92.2 Å². The molecule has 3 nitrogen and oxygen atoms in total. The molecule has 0 radical (unpaired) electrons. The monoisotopic (exact) mass is 210 g/mol. The molecular formula is C12H22N2O. The summed E-state index contributed by atoms with van der Waals surface area (Å²) in [7, 11) is 0. The standard InChI is InChI=1S/C12H22N2O/c1-12(2,3)15-9-8-14-7-5-11(10-14)4-6-13/h5,7,10H,4,6,8-9,13H2,1-3H3. The molecule has 1 aromatic heterocycles. The first-order valence-electron chi connectivity index (χ1n) is 5.50. The van der Waals surface area contributed by atoms with Gasteiger partial charge in [0.2, 0.25) is 0 Å². The van der Waals surface area contributed by atoms with Crippen molar-refractivity contribution in [2.24, 2.45) is 5.73 Å². The minimum absolute atomic E-state index is 0.0484. The average molecular weight is 210 g/mol. The quantitative estimate of drug-likeness (QED) is 0.805. The maximum atomic E-state index is 5.66. The van der Waals surface area contributed by atoms with Gasteiger partial charge in [-0.25, -0.2) is 0 Å². The van der Waals surface area contributed by atoms with Crippen LogP contribution in [-0.2, 0) is 17.7 Å². The molecule has 2 N–H and O–H groups in total. The van der Waals surface area contributed by atoms with E-state index in [0.717, 1.165) is 19.6 Å². The summed E-state index contributed by atoms with van der Waals surface area (Å²) in [6.45, 7) is 8.58. The predicted molar refractivity (Wildman–Crippen MR) is 62.9 cm³/mol. The summed E-state index contributed by atoms with van der Waals surface area (Å²) in [6, 6.07) is 2.12. The van der Waals surface area contributed by atoms with Crippen LogP contribution in [-0.4, -0.2) is 23.3 Å². The third kappa shape index (κ3) is 5.00. The van der Waals surface area contributed by atoms with E-state index < -0.39 is 0 Å². The minimum Gasteiger partial charge on any atom is -0.374 e. The van der Waals surface area contributed by atoms with E-state index in [-0.39, 0.29) is 5.60 Å². The summed E-state index contributed by atoms with van der Waals surface area (Å²) < 4.78 is 7.81. The molecule has 3 heteroatoms. The zero-order valence-corrected chi connectivity index (χ0v) is 9.99. The second kappa shape index (κ2) is 5.33. The van der Waals surface area contributed by atoms with Gasteiger partial charge in [0.05, 0.1) is 12.2 Å². The number of aromatic nitrogens is 1. The zero-order valence-electron chi connectivity index (χ0n) is 9.99. The molecule has 0 atom stereocenters. The molecule has 0 saturated heterocycles. The highest BCUT2D eigenvalue weighted by Gasteiger charge is 2.09. The van der Waals surface area contributed by atoms with Crippen LogP contribution in [0.15, 0.2) is 18.5 Å². The van der Waals surface area contributed by atoms with Crippen molar-refractivity contribution >= 4 is 0 Å². The predicted octanol–water partition coefficient (Wildman–Crippen LogP) is 1.80. The van der Waals surface area contributed by atoms with E-state index in [1.165, 1.54) is 5.56 Å². The number of rotatable bonds is 5. The Hall–Kier alpha value is -0.800. The van der Waals surface area contributed by atoms with Gasteiger partial charge < -0.3 is 15.0 Å². The fourth-order valence-electron chi connectivity index (χ4n) is 1.40. The first-order chi connectivity index (χ1) is 7.01. The molecule has 15 heavy (non-hydrogen) atoms. The van der Waals surface area contributed by atoms with E-state index in [0.29, 0.717) is 6.54 Å². The molecule has 0 saturated carbocycles. The maximum Gasteiger partial charge on any atom is 0.0652 e. The number of hydrogen-bond donors (Lipinski definition) is 1. The Morgan fingerprint density at radius 1 is 1.40 bits per heavy atom. The molecule has 0 unspecified atom stereocenters. The summed E-state index contributed by atoms with van der Waals surface area (Å²) in [5.41, 5.74) is 6.74. The summed E-state index contributed by atoms with van der Waals surface area (Å²) in [5.74, 6) is 0. The number of nitrogens with two attached hydrogens (primary N) is 1. The second-order valence-electron chi connectivity index (χ2n) is 4.76. The molecule has 1 rings (SSSR count). The summed E-state index contributed by atoms with van der Waals surface area (Å²) in [4.78, 5) is 0. The van der Waals surface area contributed by atoms with E-state index >= 15 is 0 Å². The molecule has 0 spiro atoms. The van der Waals surface area contributed by atoms with Crippen molar-refractivity contribution in [3.05, 3.63) is 24.0 Å². The summed E-state index contributed by atoms with van der Waals surface area (Å²) in [5, 5.41) is 0. The molecule has 1 heterocycles. The van der Waals surface area contributed by atoms with Crippen LogP contribution in [0.4, 0.5) is 0 Å². The van der Waals surface area contributed by atoms with Crippen molar-refractivity contribution < 1.29 is 4.74 Å². The molecule has 0 aliphatic carbocycles. The van der Waals surface area contributed by atoms with Crippen LogP contribution in [0.1, 0.15) is 26.3 Å². The van der Waals surface area contributed by atoms with E-state index in [1.54, 1.807) is 0 Å². The lowest BCUT2D eigenvalue weighted by atomic mass is 10.2. The lowest BCUT2D eigenvalue weighted by molar-refractivity contribution is -0.00679. The number of nitrogens with zero attached hydrogens (tertiary/aromatic N) is 1. The Bertz CT molecular complexity index is 286. The van der Waals surface area contributed by atoms with Crippen molar-refractivity contribution in [1.29, 1.82) is 0 Å². The van der Waals surface area contributed by atoms with Gasteiger partial charge >= 0.3 is 0 Å². The highest BCUT2D eigenvalue weighted by molar-refractivity contribution is 5.10. The molecule has 0 fully saturated rings. The average Bonchev–Trinajstić information content (AvgIpc) is 2.51. The lowest BCUT2D eigenvalue weighted by Gasteiger charge is -2.19. The van der Waals surface area contributed by atoms with Crippen molar-refractivity contribution in [2.75, 3.05) is 13.2 Å². The van der Waals surface area contributed by atoms with Gasteiger partial charge in [-0.15, -0.1) is 0 Å². The smallest absolute Gasteiger partial charge is 0.0652 e. The third-order valence-electron chi connectivity index (χ3n) is 2.13. The lowest BCUT2D eigenvalue weighted by Crippen LogP contribution is -2.21. The molecule has 0 aliphatic rings. The van der Waals surface area contributed by atoms with Gasteiger partial charge in [-0.3, -0.25) is 0 Å². The highest BCUT2D eigenvalue weighted by atomic mass is 16.5. The molecule has 0 bridgehead atoms. The van der Waals surface area contributed by atoms with E-state index in [1.807, 2.05) is 0 Å². The molecule has 0 aromatic carbocycles. The van der Waals surface area contributed by atoms with Gasteiger partial charge in [0.15, 0.2) is 0 Å². The normalized spacial score (nSPS) is 12.0.